The number of imidazole rings is 1. The minimum Gasteiger partial charge on any atom is -0.450 e. The molecule has 1 fully saturated rings. The van der Waals surface area contributed by atoms with Crippen molar-refractivity contribution in [2.75, 3.05) is 38.1 Å². The van der Waals surface area contributed by atoms with Crippen molar-refractivity contribution in [3.8, 4) is 11.3 Å². The van der Waals surface area contributed by atoms with Gasteiger partial charge in [0, 0.05) is 50.7 Å². The molecule has 5 heterocycles. The van der Waals surface area contributed by atoms with Crippen molar-refractivity contribution in [3.63, 3.8) is 0 Å². The van der Waals surface area contributed by atoms with E-state index in [1.54, 1.807) is 11.1 Å². The fourth-order valence-electron chi connectivity index (χ4n) is 3.89. The van der Waals surface area contributed by atoms with Crippen molar-refractivity contribution in [2.24, 2.45) is 0 Å². The Morgan fingerprint density at radius 1 is 1.27 bits per heavy atom. The number of piperazine rings is 1. The molecule has 1 aliphatic rings. The average Bonchev–Trinajstić information content (AvgIpc) is 3.55. The number of ether oxygens (including phenoxy) is 1. The van der Waals surface area contributed by atoms with Crippen LogP contribution in [0.3, 0.4) is 0 Å². The molecule has 12 heteroatoms. The molecule has 1 amide bonds. The highest BCUT2D eigenvalue weighted by atomic mass is 32.1. The molecule has 33 heavy (non-hydrogen) atoms. The van der Waals surface area contributed by atoms with E-state index in [9.17, 15) is 4.79 Å². The van der Waals surface area contributed by atoms with Gasteiger partial charge in [-0.2, -0.15) is 9.47 Å². The number of aryl methyl sites for hydroxylation is 1. The molecule has 0 aromatic carbocycles. The Bertz CT molecular complexity index is 1240. The van der Waals surface area contributed by atoms with Gasteiger partial charge in [-0.25, -0.2) is 14.8 Å². The summed E-state index contributed by atoms with van der Waals surface area (Å²) in [7, 11) is 0. The number of carbonyl (C=O) groups excluding carboxylic acids is 1. The average molecular weight is 468 g/mol. The van der Waals surface area contributed by atoms with Crippen LogP contribution < -0.4 is 5.32 Å². The minimum atomic E-state index is -0.232. The lowest BCUT2D eigenvalue weighted by Gasteiger charge is -2.33. The third-order valence-corrected chi connectivity index (χ3v) is 6.23. The molecule has 11 nitrogen and oxygen atoms in total. The molecule has 0 aliphatic carbocycles. The first-order valence-corrected chi connectivity index (χ1v) is 11.6. The fourth-order valence-corrected chi connectivity index (χ4v) is 4.55. The van der Waals surface area contributed by atoms with Gasteiger partial charge in [0.15, 0.2) is 11.5 Å². The van der Waals surface area contributed by atoms with E-state index in [0.29, 0.717) is 25.5 Å². The molecule has 4 aromatic rings. The molecule has 4 aromatic heterocycles. The zero-order chi connectivity index (χ0) is 22.8. The Hall–Kier alpha value is -3.51. The SMILES string of the molecule is CCOC(=O)N1CCN(Cc2cc(Nc3nc(C)cn4c(-c5cn[nH]c5)cnc34)sn2)CC1. The molecule has 172 valence electrons. The van der Waals surface area contributed by atoms with E-state index in [0.717, 1.165) is 52.9 Å². The largest absolute Gasteiger partial charge is 0.450 e. The van der Waals surface area contributed by atoms with Crippen LogP contribution in [-0.4, -0.2) is 77.6 Å². The molecule has 0 radical (unpaired) electrons. The van der Waals surface area contributed by atoms with E-state index >= 15 is 0 Å². The number of H-pyrrole nitrogens is 1. The lowest BCUT2D eigenvalue weighted by molar-refractivity contribution is 0.0776. The number of anilines is 2. The van der Waals surface area contributed by atoms with E-state index in [4.69, 9.17) is 4.74 Å². The van der Waals surface area contributed by atoms with Crippen molar-refractivity contribution in [1.29, 1.82) is 0 Å². The number of fused-ring (bicyclic) bond motifs is 1. The summed E-state index contributed by atoms with van der Waals surface area (Å²) in [5.74, 6) is 0.683. The quantitative estimate of drug-likeness (QED) is 0.445. The summed E-state index contributed by atoms with van der Waals surface area (Å²) < 4.78 is 11.7. The van der Waals surface area contributed by atoms with Crippen LogP contribution in [-0.2, 0) is 11.3 Å². The number of nitrogens with one attached hydrogen (secondary N) is 2. The van der Waals surface area contributed by atoms with Gasteiger partial charge in [0.2, 0.25) is 0 Å². The second-order valence-electron chi connectivity index (χ2n) is 7.82. The van der Waals surface area contributed by atoms with Crippen LogP contribution in [0.5, 0.6) is 0 Å². The summed E-state index contributed by atoms with van der Waals surface area (Å²) in [5.41, 5.74) is 4.50. The molecule has 0 bridgehead atoms. The predicted octanol–water partition coefficient (Wildman–Crippen LogP) is 2.90. The second-order valence-corrected chi connectivity index (χ2v) is 8.63. The van der Waals surface area contributed by atoms with Gasteiger partial charge in [-0.15, -0.1) is 0 Å². The molecule has 0 saturated carbocycles. The first-order chi connectivity index (χ1) is 16.1. The van der Waals surface area contributed by atoms with Gasteiger partial charge in [-0.3, -0.25) is 14.4 Å². The Kier molecular flexibility index (Phi) is 5.92. The molecule has 1 aliphatic heterocycles. The van der Waals surface area contributed by atoms with Gasteiger partial charge in [0.05, 0.1) is 36.1 Å². The van der Waals surface area contributed by atoms with Crippen LogP contribution >= 0.6 is 11.5 Å². The number of aromatic nitrogens is 6. The molecule has 0 unspecified atom stereocenters. The first-order valence-electron chi connectivity index (χ1n) is 10.8. The Balaban J connectivity index is 1.27. The lowest BCUT2D eigenvalue weighted by Crippen LogP contribution is -2.48. The Morgan fingerprint density at radius 3 is 2.88 bits per heavy atom. The molecule has 0 spiro atoms. The standard InChI is InChI=1S/C21H25N9O2S/c1-3-32-21(31)29-6-4-28(5-7-29)13-16-8-18(33-27-16)26-19-20-22-11-17(15-9-23-24-10-15)30(20)12-14(2)25-19/h8-12H,3-7,13H2,1-2H3,(H,23,24)(H,25,26). The van der Waals surface area contributed by atoms with Crippen molar-refractivity contribution in [3.05, 3.63) is 42.2 Å². The van der Waals surface area contributed by atoms with Gasteiger partial charge >= 0.3 is 6.09 Å². The molecule has 0 atom stereocenters. The van der Waals surface area contributed by atoms with Crippen LogP contribution in [0.2, 0.25) is 0 Å². The Labute approximate surface area is 194 Å². The summed E-state index contributed by atoms with van der Waals surface area (Å²) >= 11 is 1.40. The highest BCUT2D eigenvalue weighted by molar-refractivity contribution is 7.10. The summed E-state index contributed by atoms with van der Waals surface area (Å²) in [6, 6.07) is 2.04. The number of rotatable bonds is 6. The molecular formula is C21H25N9O2S. The fraction of sp³-hybridized carbons (Fsp3) is 0.381. The third-order valence-electron chi connectivity index (χ3n) is 5.49. The number of nitrogens with zero attached hydrogens (tertiary/aromatic N) is 7. The van der Waals surface area contributed by atoms with Crippen LogP contribution in [0.15, 0.2) is 30.9 Å². The molecular weight excluding hydrogens is 442 g/mol. The van der Waals surface area contributed by atoms with Crippen LogP contribution in [0.25, 0.3) is 16.9 Å². The topological polar surface area (TPSA) is 117 Å². The molecule has 2 N–H and O–H groups in total. The van der Waals surface area contributed by atoms with Gasteiger partial charge in [0.1, 0.15) is 5.00 Å². The normalized spacial score (nSPS) is 14.7. The van der Waals surface area contributed by atoms with Crippen LogP contribution in [0, 0.1) is 6.92 Å². The highest BCUT2D eigenvalue weighted by Crippen LogP contribution is 2.27. The number of hydrogen-bond donors (Lipinski definition) is 2. The maximum Gasteiger partial charge on any atom is 0.409 e. The van der Waals surface area contributed by atoms with E-state index in [1.165, 1.54) is 11.5 Å². The zero-order valence-corrected chi connectivity index (χ0v) is 19.3. The van der Waals surface area contributed by atoms with Crippen LogP contribution in [0.4, 0.5) is 15.6 Å². The summed E-state index contributed by atoms with van der Waals surface area (Å²) in [4.78, 5) is 25.2. The van der Waals surface area contributed by atoms with E-state index < -0.39 is 0 Å². The van der Waals surface area contributed by atoms with Gasteiger partial charge in [-0.05, 0) is 31.4 Å². The van der Waals surface area contributed by atoms with Crippen molar-refractivity contribution in [1.82, 2.24) is 38.7 Å². The van der Waals surface area contributed by atoms with Crippen molar-refractivity contribution >= 4 is 34.1 Å². The third kappa shape index (κ3) is 4.52. The maximum absolute atomic E-state index is 11.9. The van der Waals surface area contributed by atoms with Gasteiger partial charge in [-0.1, -0.05) is 0 Å². The maximum atomic E-state index is 11.9. The van der Waals surface area contributed by atoms with Crippen molar-refractivity contribution in [2.45, 2.75) is 20.4 Å². The smallest absolute Gasteiger partial charge is 0.409 e. The zero-order valence-electron chi connectivity index (χ0n) is 18.5. The second kappa shape index (κ2) is 9.16. The summed E-state index contributed by atoms with van der Waals surface area (Å²) in [6.07, 6.45) is 7.16. The number of hydrogen-bond acceptors (Lipinski definition) is 9. The van der Waals surface area contributed by atoms with E-state index in [1.807, 2.05) is 42.9 Å². The summed E-state index contributed by atoms with van der Waals surface area (Å²) in [6.45, 7) is 7.84. The molecule has 1 saturated heterocycles. The number of carbonyl (C=O) groups is 1. The monoisotopic (exact) mass is 467 g/mol. The van der Waals surface area contributed by atoms with E-state index in [2.05, 4.69) is 34.8 Å². The number of aromatic amines is 1. The van der Waals surface area contributed by atoms with Gasteiger partial charge < -0.3 is 15.0 Å². The van der Waals surface area contributed by atoms with Gasteiger partial charge in [0.25, 0.3) is 0 Å². The van der Waals surface area contributed by atoms with E-state index in [-0.39, 0.29) is 6.09 Å². The predicted molar refractivity (Wildman–Crippen MR) is 125 cm³/mol. The van der Waals surface area contributed by atoms with Crippen molar-refractivity contribution < 1.29 is 9.53 Å². The first kappa shape index (κ1) is 21.3. The number of amides is 1. The Morgan fingerprint density at radius 2 is 2.12 bits per heavy atom. The minimum absolute atomic E-state index is 0.232. The van der Waals surface area contributed by atoms with Crippen LogP contribution in [0.1, 0.15) is 18.3 Å². The molecule has 5 rings (SSSR count). The lowest BCUT2D eigenvalue weighted by atomic mass is 10.3. The highest BCUT2D eigenvalue weighted by Gasteiger charge is 2.22. The summed E-state index contributed by atoms with van der Waals surface area (Å²) in [5, 5.41) is 11.2.